The number of carbonyl (C=O) groups excluding carboxylic acids is 1. The number of carbonyl (C=O) groups is 1. The Labute approximate surface area is 129 Å². The maximum absolute atomic E-state index is 12.0. The second-order valence-corrected chi connectivity index (χ2v) is 5.47. The molecule has 0 unspecified atom stereocenters. The summed E-state index contributed by atoms with van der Waals surface area (Å²) in [4.78, 5) is 16.1. The number of amides is 1. The lowest BCUT2D eigenvalue weighted by atomic mass is 10.3. The third-order valence-corrected chi connectivity index (χ3v) is 3.69. The van der Waals surface area contributed by atoms with Crippen LogP contribution in [0.15, 0.2) is 24.3 Å². The monoisotopic (exact) mass is 316 g/mol. The van der Waals surface area contributed by atoms with Crippen molar-refractivity contribution in [1.29, 1.82) is 0 Å². The Morgan fingerprint density at radius 1 is 1.25 bits per heavy atom. The zero-order valence-electron chi connectivity index (χ0n) is 11.2. The molecule has 1 heterocycles. The van der Waals surface area contributed by atoms with Gasteiger partial charge in [0.1, 0.15) is 5.75 Å². The molecule has 1 aromatic rings. The van der Waals surface area contributed by atoms with Crippen molar-refractivity contribution in [3.05, 3.63) is 29.3 Å². The van der Waals surface area contributed by atoms with Crippen LogP contribution in [0.25, 0.3) is 0 Å². The third kappa shape index (κ3) is 4.54. The molecule has 0 saturated carbocycles. The average Bonchev–Trinajstić information content (AvgIpc) is 2.46. The van der Waals surface area contributed by atoms with Gasteiger partial charge < -0.3 is 9.64 Å². The highest BCUT2D eigenvalue weighted by Gasteiger charge is 2.20. The molecular formula is C14H18Cl2N2O2. The maximum atomic E-state index is 12.0. The van der Waals surface area contributed by atoms with Gasteiger partial charge in [0.05, 0.1) is 0 Å². The lowest BCUT2D eigenvalue weighted by molar-refractivity contribution is -0.135. The van der Waals surface area contributed by atoms with Crippen LogP contribution in [-0.2, 0) is 4.79 Å². The second-order valence-electron chi connectivity index (χ2n) is 4.66. The normalized spacial score (nSPS) is 16.2. The first-order chi connectivity index (χ1) is 9.69. The van der Waals surface area contributed by atoms with Crippen molar-refractivity contribution in [2.45, 2.75) is 0 Å². The van der Waals surface area contributed by atoms with E-state index >= 15 is 0 Å². The van der Waals surface area contributed by atoms with Gasteiger partial charge in [0.25, 0.3) is 5.91 Å². The van der Waals surface area contributed by atoms with Crippen molar-refractivity contribution in [2.24, 2.45) is 0 Å². The molecular weight excluding hydrogens is 299 g/mol. The van der Waals surface area contributed by atoms with Crippen molar-refractivity contribution in [1.82, 2.24) is 9.80 Å². The molecule has 1 saturated heterocycles. The number of alkyl halides is 1. The molecule has 1 fully saturated rings. The first-order valence-corrected chi connectivity index (χ1v) is 7.55. The quantitative estimate of drug-likeness (QED) is 0.780. The second kappa shape index (κ2) is 7.72. The van der Waals surface area contributed by atoms with Gasteiger partial charge in [-0.3, -0.25) is 9.69 Å². The minimum absolute atomic E-state index is 0.00972. The smallest absolute Gasteiger partial charge is 0.260 e. The van der Waals surface area contributed by atoms with E-state index in [9.17, 15) is 4.79 Å². The predicted octanol–water partition coefficient (Wildman–Crippen LogP) is 2.10. The Morgan fingerprint density at radius 2 is 2.00 bits per heavy atom. The molecule has 110 valence electrons. The van der Waals surface area contributed by atoms with Crippen molar-refractivity contribution in [2.75, 3.05) is 45.2 Å². The molecule has 0 N–H and O–H groups in total. The van der Waals surface area contributed by atoms with Gasteiger partial charge in [0, 0.05) is 43.6 Å². The molecule has 1 amide bonds. The number of nitrogens with zero attached hydrogens (tertiary/aromatic N) is 2. The summed E-state index contributed by atoms with van der Waals surface area (Å²) in [7, 11) is 0. The van der Waals surface area contributed by atoms with Crippen molar-refractivity contribution in [3.8, 4) is 5.75 Å². The lowest BCUT2D eigenvalue weighted by Gasteiger charge is -2.34. The van der Waals surface area contributed by atoms with Gasteiger partial charge in [-0.15, -0.1) is 11.6 Å². The Morgan fingerprint density at radius 3 is 2.65 bits per heavy atom. The van der Waals surface area contributed by atoms with E-state index in [-0.39, 0.29) is 12.5 Å². The first kappa shape index (κ1) is 15.4. The summed E-state index contributed by atoms with van der Waals surface area (Å²) in [5.41, 5.74) is 0. The van der Waals surface area contributed by atoms with E-state index in [0.29, 0.717) is 16.7 Å². The van der Waals surface area contributed by atoms with E-state index < -0.39 is 0 Å². The summed E-state index contributed by atoms with van der Waals surface area (Å²) < 4.78 is 5.47. The van der Waals surface area contributed by atoms with E-state index in [1.807, 2.05) is 4.90 Å². The molecule has 0 atom stereocenters. The number of halogens is 2. The van der Waals surface area contributed by atoms with E-state index in [0.717, 1.165) is 32.7 Å². The number of hydrogen-bond donors (Lipinski definition) is 0. The molecule has 0 radical (unpaired) electrons. The molecule has 1 aromatic carbocycles. The zero-order valence-corrected chi connectivity index (χ0v) is 12.7. The van der Waals surface area contributed by atoms with Crippen molar-refractivity contribution >= 4 is 29.1 Å². The summed E-state index contributed by atoms with van der Waals surface area (Å²) in [5.74, 6) is 1.26. The van der Waals surface area contributed by atoms with Crippen LogP contribution in [0.5, 0.6) is 5.75 Å². The molecule has 0 spiro atoms. The van der Waals surface area contributed by atoms with Gasteiger partial charge in [0.2, 0.25) is 0 Å². The summed E-state index contributed by atoms with van der Waals surface area (Å²) in [6.07, 6.45) is 0. The van der Waals surface area contributed by atoms with Crippen LogP contribution in [0, 0.1) is 0 Å². The molecule has 20 heavy (non-hydrogen) atoms. The standard InChI is InChI=1S/C14H18Cl2N2O2/c15-4-5-17-6-8-18(9-7-17)14(19)11-20-13-3-1-2-12(16)10-13/h1-3,10H,4-9,11H2. The van der Waals surface area contributed by atoms with Crippen molar-refractivity contribution in [3.63, 3.8) is 0 Å². The largest absolute Gasteiger partial charge is 0.484 e. The minimum Gasteiger partial charge on any atom is -0.484 e. The topological polar surface area (TPSA) is 32.8 Å². The van der Waals surface area contributed by atoms with Gasteiger partial charge in [-0.25, -0.2) is 0 Å². The van der Waals surface area contributed by atoms with E-state index in [1.54, 1.807) is 24.3 Å². The number of rotatable bonds is 5. The number of hydrogen-bond acceptors (Lipinski definition) is 3. The summed E-state index contributed by atoms with van der Waals surface area (Å²) in [6.45, 7) is 4.13. The molecule has 0 aliphatic carbocycles. The van der Waals surface area contributed by atoms with Gasteiger partial charge in [-0.05, 0) is 18.2 Å². The van der Waals surface area contributed by atoms with E-state index in [2.05, 4.69) is 4.90 Å². The molecule has 1 aliphatic rings. The van der Waals surface area contributed by atoms with E-state index in [1.165, 1.54) is 0 Å². The molecule has 0 aromatic heterocycles. The third-order valence-electron chi connectivity index (χ3n) is 3.28. The summed E-state index contributed by atoms with van der Waals surface area (Å²) in [6, 6.07) is 7.06. The number of piperazine rings is 1. The Balaban J connectivity index is 1.76. The fraction of sp³-hybridized carbons (Fsp3) is 0.500. The fourth-order valence-electron chi connectivity index (χ4n) is 2.13. The lowest BCUT2D eigenvalue weighted by Crippen LogP contribution is -2.50. The van der Waals surface area contributed by atoms with Crippen LogP contribution in [0.3, 0.4) is 0 Å². The van der Waals surface area contributed by atoms with Gasteiger partial charge in [-0.1, -0.05) is 17.7 Å². The van der Waals surface area contributed by atoms with E-state index in [4.69, 9.17) is 27.9 Å². The summed E-state index contributed by atoms with van der Waals surface area (Å²) in [5, 5.41) is 0.602. The van der Waals surface area contributed by atoms with Crippen LogP contribution in [0.4, 0.5) is 0 Å². The van der Waals surface area contributed by atoms with Crippen LogP contribution >= 0.6 is 23.2 Å². The van der Waals surface area contributed by atoms with Crippen LogP contribution in [-0.4, -0.2) is 60.9 Å². The number of ether oxygens (including phenoxy) is 1. The van der Waals surface area contributed by atoms with Gasteiger partial charge >= 0.3 is 0 Å². The molecule has 0 bridgehead atoms. The molecule has 6 heteroatoms. The predicted molar refractivity (Wildman–Crippen MR) is 80.7 cm³/mol. The Bertz CT molecular complexity index is 449. The minimum atomic E-state index is 0.00972. The Hall–Kier alpha value is -0.970. The summed E-state index contributed by atoms with van der Waals surface area (Å²) >= 11 is 11.6. The van der Waals surface area contributed by atoms with Gasteiger partial charge in [-0.2, -0.15) is 0 Å². The van der Waals surface area contributed by atoms with Crippen molar-refractivity contribution < 1.29 is 9.53 Å². The van der Waals surface area contributed by atoms with Crippen LogP contribution in [0.2, 0.25) is 5.02 Å². The highest BCUT2D eigenvalue weighted by molar-refractivity contribution is 6.30. The van der Waals surface area contributed by atoms with Crippen LogP contribution < -0.4 is 4.74 Å². The Kier molecular flexibility index (Phi) is 5.95. The maximum Gasteiger partial charge on any atom is 0.260 e. The van der Waals surface area contributed by atoms with Gasteiger partial charge in [0.15, 0.2) is 6.61 Å². The molecule has 1 aliphatic heterocycles. The highest BCUT2D eigenvalue weighted by Crippen LogP contribution is 2.17. The molecule has 4 nitrogen and oxygen atoms in total. The molecule has 2 rings (SSSR count). The van der Waals surface area contributed by atoms with Crippen LogP contribution in [0.1, 0.15) is 0 Å². The zero-order chi connectivity index (χ0) is 14.4. The first-order valence-electron chi connectivity index (χ1n) is 6.63. The number of benzene rings is 1. The average molecular weight is 317 g/mol. The SMILES string of the molecule is O=C(COc1cccc(Cl)c1)N1CCN(CCCl)CC1. The highest BCUT2D eigenvalue weighted by atomic mass is 35.5. The fourth-order valence-corrected chi connectivity index (χ4v) is 2.55.